The van der Waals surface area contributed by atoms with Gasteiger partial charge in [0.05, 0.1) is 0 Å². The molecule has 0 bridgehead atoms. The first kappa shape index (κ1) is 18.4. The predicted octanol–water partition coefficient (Wildman–Crippen LogP) is 2.70. The highest BCUT2D eigenvalue weighted by molar-refractivity contribution is 7.91. The van der Waals surface area contributed by atoms with Gasteiger partial charge in [-0.25, -0.2) is 8.42 Å². The Morgan fingerprint density at radius 3 is 2.65 bits per heavy atom. The van der Waals surface area contributed by atoms with Crippen LogP contribution in [0.1, 0.15) is 39.5 Å². The van der Waals surface area contributed by atoms with Crippen LogP contribution in [0.3, 0.4) is 0 Å². The van der Waals surface area contributed by atoms with Gasteiger partial charge < -0.3 is 5.32 Å². The molecule has 1 aromatic heterocycles. The van der Waals surface area contributed by atoms with Crippen molar-refractivity contribution >= 4 is 27.3 Å². The fraction of sp³-hybridized carbons (Fsp3) is 0.688. The van der Waals surface area contributed by atoms with Crippen molar-refractivity contribution in [3.8, 4) is 0 Å². The monoisotopic (exact) mass is 358 g/mol. The summed E-state index contributed by atoms with van der Waals surface area (Å²) in [5, 5.41) is 4.73. The van der Waals surface area contributed by atoms with Crippen molar-refractivity contribution in [1.82, 2.24) is 9.62 Å². The van der Waals surface area contributed by atoms with Crippen LogP contribution in [0.25, 0.3) is 0 Å². The minimum atomic E-state index is -3.34. The van der Waals surface area contributed by atoms with E-state index in [1.54, 1.807) is 21.8 Å². The van der Waals surface area contributed by atoms with Gasteiger partial charge in [-0.2, -0.15) is 4.31 Å². The molecule has 1 aliphatic heterocycles. The van der Waals surface area contributed by atoms with Gasteiger partial charge in [-0.3, -0.25) is 4.79 Å². The van der Waals surface area contributed by atoms with E-state index in [0.29, 0.717) is 29.6 Å². The molecule has 1 aromatic rings. The Morgan fingerprint density at radius 1 is 1.39 bits per heavy atom. The Hall–Kier alpha value is -0.920. The molecule has 7 heteroatoms. The molecule has 1 aliphatic rings. The molecule has 2 rings (SSSR count). The third kappa shape index (κ3) is 5.29. The van der Waals surface area contributed by atoms with Gasteiger partial charge in [-0.1, -0.05) is 19.9 Å². The Balaban J connectivity index is 1.77. The van der Waals surface area contributed by atoms with Crippen LogP contribution < -0.4 is 5.32 Å². The molecule has 0 aromatic carbocycles. The van der Waals surface area contributed by atoms with E-state index in [4.69, 9.17) is 0 Å². The number of carbonyl (C=O) groups is 1. The average molecular weight is 359 g/mol. The van der Waals surface area contributed by atoms with Crippen molar-refractivity contribution in [3.63, 3.8) is 0 Å². The molecular formula is C16H26N2O3S2. The lowest BCUT2D eigenvalue weighted by Crippen LogP contribution is -2.39. The SMILES string of the molecule is CC(C)CCNC(=O)CC1CCN(S(=O)(=O)c2cccs2)CC1. The first-order valence-electron chi connectivity index (χ1n) is 8.20. The maximum absolute atomic E-state index is 12.4. The first-order chi connectivity index (χ1) is 10.9. The summed E-state index contributed by atoms with van der Waals surface area (Å²) in [6.07, 6.45) is 3.00. The molecule has 1 fully saturated rings. The molecule has 0 spiro atoms. The summed E-state index contributed by atoms with van der Waals surface area (Å²) < 4.78 is 26.8. The zero-order valence-corrected chi connectivity index (χ0v) is 15.5. The summed E-state index contributed by atoms with van der Waals surface area (Å²) in [6.45, 7) is 6.00. The molecule has 0 atom stereocenters. The van der Waals surface area contributed by atoms with Crippen LogP contribution >= 0.6 is 11.3 Å². The molecule has 0 aliphatic carbocycles. The maximum Gasteiger partial charge on any atom is 0.252 e. The van der Waals surface area contributed by atoms with Gasteiger partial charge in [0, 0.05) is 26.1 Å². The summed E-state index contributed by atoms with van der Waals surface area (Å²) in [4.78, 5) is 11.9. The van der Waals surface area contributed by atoms with E-state index in [9.17, 15) is 13.2 Å². The Bertz CT molecular complexity index is 589. The standard InChI is InChI=1S/C16H26N2O3S2/c1-13(2)5-8-17-15(19)12-14-6-9-18(10-7-14)23(20,21)16-4-3-11-22-16/h3-4,11,13-14H,5-10,12H2,1-2H3,(H,17,19). The Morgan fingerprint density at radius 2 is 2.09 bits per heavy atom. The number of sulfonamides is 1. The normalized spacial score (nSPS) is 17.5. The van der Waals surface area contributed by atoms with E-state index < -0.39 is 10.0 Å². The van der Waals surface area contributed by atoms with Crippen LogP contribution in [-0.2, 0) is 14.8 Å². The molecule has 0 saturated carbocycles. The molecule has 0 radical (unpaired) electrons. The first-order valence-corrected chi connectivity index (χ1v) is 10.5. The minimum absolute atomic E-state index is 0.0882. The largest absolute Gasteiger partial charge is 0.356 e. The van der Waals surface area contributed by atoms with Crippen LogP contribution in [0.15, 0.2) is 21.7 Å². The van der Waals surface area contributed by atoms with Gasteiger partial charge in [-0.05, 0) is 42.5 Å². The zero-order chi connectivity index (χ0) is 16.9. The van der Waals surface area contributed by atoms with Crippen LogP contribution in [0.5, 0.6) is 0 Å². The van der Waals surface area contributed by atoms with Crippen molar-refractivity contribution < 1.29 is 13.2 Å². The third-order valence-corrected chi connectivity index (χ3v) is 7.45. The van der Waals surface area contributed by atoms with Crippen molar-refractivity contribution in [3.05, 3.63) is 17.5 Å². The molecular weight excluding hydrogens is 332 g/mol. The minimum Gasteiger partial charge on any atom is -0.356 e. The molecule has 1 amide bonds. The molecule has 130 valence electrons. The Labute approximate surface area is 143 Å². The van der Waals surface area contributed by atoms with Crippen LogP contribution in [-0.4, -0.2) is 38.3 Å². The van der Waals surface area contributed by atoms with Crippen LogP contribution in [0.4, 0.5) is 0 Å². The number of carbonyl (C=O) groups excluding carboxylic acids is 1. The van der Waals surface area contributed by atoms with Crippen molar-refractivity contribution in [1.29, 1.82) is 0 Å². The highest BCUT2D eigenvalue weighted by Crippen LogP contribution is 2.27. The predicted molar refractivity (Wildman–Crippen MR) is 92.9 cm³/mol. The van der Waals surface area contributed by atoms with Gasteiger partial charge in [-0.15, -0.1) is 11.3 Å². The maximum atomic E-state index is 12.4. The molecule has 1 saturated heterocycles. The number of nitrogens with zero attached hydrogens (tertiary/aromatic N) is 1. The summed E-state index contributed by atoms with van der Waals surface area (Å²) in [5.41, 5.74) is 0. The number of hydrogen-bond acceptors (Lipinski definition) is 4. The number of piperidine rings is 1. The van der Waals surface area contributed by atoms with Crippen molar-refractivity contribution in [2.24, 2.45) is 11.8 Å². The van der Waals surface area contributed by atoms with Gasteiger partial charge in [0.1, 0.15) is 4.21 Å². The lowest BCUT2D eigenvalue weighted by Gasteiger charge is -2.30. The molecule has 5 nitrogen and oxygen atoms in total. The van der Waals surface area contributed by atoms with E-state index in [1.807, 2.05) is 0 Å². The molecule has 23 heavy (non-hydrogen) atoms. The summed E-state index contributed by atoms with van der Waals surface area (Å²) >= 11 is 1.25. The second kappa shape index (κ2) is 8.26. The number of amides is 1. The van der Waals surface area contributed by atoms with Crippen LogP contribution in [0.2, 0.25) is 0 Å². The zero-order valence-electron chi connectivity index (χ0n) is 13.8. The van der Waals surface area contributed by atoms with Crippen molar-refractivity contribution in [2.45, 2.75) is 43.7 Å². The number of hydrogen-bond donors (Lipinski definition) is 1. The fourth-order valence-electron chi connectivity index (χ4n) is 2.73. The van der Waals surface area contributed by atoms with Gasteiger partial charge >= 0.3 is 0 Å². The quantitative estimate of drug-likeness (QED) is 0.815. The van der Waals surface area contributed by atoms with E-state index >= 15 is 0 Å². The second-order valence-corrected chi connectivity index (χ2v) is 9.63. The lowest BCUT2D eigenvalue weighted by molar-refractivity contribution is -0.122. The number of thiophene rings is 1. The Kier molecular flexibility index (Phi) is 6.61. The second-order valence-electron chi connectivity index (χ2n) is 6.52. The van der Waals surface area contributed by atoms with Crippen LogP contribution in [0, 0.1) is 11.8 Å². The average Bonchev–Trinajstić information content (AvgIpc) is 3.02. The smallest absolute Gasteiger partial charge is 0.252 e. The van der Waals surface area contributed by atoms with Gasteiger partial charge in [0.25, 0.3) is 10.0 Å². The lowest BCUT2D eigenvalue weighted by atomic mass is 9.94. The van der Waals surface area contributed by atoms with E-state index in [-0.39, 0.29) is 11.8 Å². The van der Waals surface area contributed by atoms with Crippen molar-refractivity contribution in [2.75, 3.05) is 19.6 Å². The highest BCUT2D eigenvalue weighted by Gasteiger charge is 2.30. The number of rotatable bonds is 7. The fourth-order valence-corrected chi connectivity index (χ4v) is 5.34. The number of nitrogens with one attached hydrogen (secondary N) is 1. The molecule has 1 N–H and O–H groups in total. The summed E-state index contributed by atoms with van der Waals surface area (Å²) in [5.74, 6) is 0.954. The third-order valence-electron chi connectivity index (χ3n) is 4.18. The summed E-state index contributed by atoms with van der Waals surface area (Å²) in [7, 11) is -3.34. The highest BCUT2D eigenvalue weighted by atomic mass is 32.2. The topological polar surface area (TPSA) is 66.5 Å². The molecule has 2 heterocycles. The molecule has 0 unspecified atom stereocenters. The van der Waals surface area contributed by atoms with E-state index in [2.05, 4.69) is 19.2 Å². The summed E-state index contributed by atoms with van der Waals surface area (Å²) in [6, 6.07) is 3.40. The van der Waals surface area contributed by atoms with E-state index in [0.717, 1.165) is 25.8 Å². The van der Waals surface area contributed by atoms with Gasteiger partial charge in [0.15, 0.2) is 0 Å². The van der Waals surface area contributed by atoms with E-state index in [1.165, 1.54) is 11.3 Å². The van der Waals surface area contributed by atoms with Gasteiger partial charge in [0.2, 0.25) is 5.91 Å².